The number of benzene rings is 1. The van der Waals surface area contributed by atoms with Gasteiger partial charge in [0.2, 0.25) is 5.91 Å². The first-order valence-corrected chi connectivity index (χ1v) is 7.81. The van der Waals surface area contributed by atoms with E-state index >= 15 is 0 Å². The lowest BCUT2D eigenvalue weighted by atomic mass is 10.2. The number of fused-ring (bicyclic) bond motifs is 1. The van der Waals surface area contributed by atoms with E-state index in [0.29, 0.717) is 23.7 Å². The summed E-state index contributed by atoms with van der Waals surface area (Å²) >= 11 is 9.27. The van der Waals surface area contributed by atoms with Crippen LogP contribution in [0.1, 0.15) is 6.42 Å². The van der Waals surface area contributed by atoms with Gasteiger partial charge in [-0.2, -0.15) is 5.10 Å². The van der Waals surface area contributed by atoms with Crippen molar-refractivity contribution in [3.05, 3.63) is 52.4 Å². The molecule has 1 amide bonds. The van der Waals surface area contributed by atoms with Gasteiger partial charge in [-0.3, -0.25) is 14.5 Å². The second-order valence-corrected chi connectivity index (χ2v) is 6.01. The molecule has 0 atom stereocenters. The number of nitrogens with zero attached hydrogens (tertiary/aromatic N) is 3. The molecule has 0 spiro atoms. The number of carbonyl (C=O) groups excluding carboxylic acids is 1. The number of hydrogen-bond donors (Lipinski definition) is 1. The van der Waals surface area contributed by atoms with Crippen molar-refractivity contribution in [2.45, 2.75) is 13.0 Å². The Bertz CT molecular complexity index is 833. The summed E-state index contributed by atoms with van der Waals surface area (Å²) in [5.41, 5.74) is 1.45. The third kappa shape index (κ3) is 3.28. The number of anilines is 1. The van der Waals surface area contributed by atoms with Crippen molar-refractivity contribution in [2.75, 3.05) is 5.32 Å². The van der Waals surface area contributed by atoms with Gasteiger partial charge in [-0.1, -0.05) is 33.6 Å². The van der Waals surface area contributed by atoms with Crippen molar-refractivity contribution in [1.29, 1.82) is 0 Å². The van der Waals surface area contributed by atoms with Crippen LogP contribution in [-0.2, 0) is 11.3 Å². The minimum absolute atomic E-state index is 0.0964. The summed E-state index contributed by atoms with van der Waals surface area (Å²) in [4.78, 5) is 16.4. The molecule has 7 heteroatoms. The number of nitrogens with one attached hydrogen (secondary N) is 1. The van der Waals surface area contributed by atoms with Gasteiger partial charge in [0.1, 0.15) is 0 Å². The zero-order chi connectivity index (χ0) is 15.5. The fourth-order valence-corrected chi connectivity index (χ4v) is 2.74. The molecule has 0 aliphatic rings. The predicted molar refractivity (Wildman–Crippen MR) is 89.9 cm³/mol. The molecule has 5 nitrogen and oxygen atoms in total. The predicted octanol–water partition coefficient (Wildman–Crippen LogP) is 3.88. The molecular weight excluding hydrogens is 368 g/mol. The van der Waals surface area contributed by atoms with Crippen LogP contribution in [-0.4, -0.2) is 20.7 Å². The summed E-state index contributed by atoms with van der Waals surface area (Å²) in [5.74, 6) is -0.0964. The molecule has 1 N–H and O–H groups in total. The number of rotatable bonds is 4. The van der Waals surface area contributed by atoms with Gasteiger partial charge in [0.05, 0.1) is 22.4 Å². The van der Waals surface area contributed by atoms with E-state index in [9.17, 15) is 4.79 Å². The van der Waals surface area contributed by atoms with E-state index in [-0.39, 0.29) is 5.91 Å². The average Bonchev–Trinajstić information content (AvgIpc) is 2.94. The maximum atomic E-state index is 12.1. The largest absolute Gasteiger partial charge is 0.324 e. The molecule has 22 heavy (non-hydrogen) atoms. The number of carbonyl (C=O) groups is 1. The van der Waals surface area contributed by atoms with Crippen LogP contribution in [0.5, 0.6) is 0 Å². The molecule has 3 aromatic rings. The summed E-state index contributed by atoms with van der Waals surface area (Å²) in [6, 6.07) is 7.54. The minimum atomic E-state index is -0.0964. The van der Waals surface area contributed by atoms with Crippen LogP contribution in [0, 0.1) is 0 Å². The molecule has 2 aromatic heterocycles. The summed E-state index contributed by atoms with van der Waals surface area (Å²) < 4.78 is 2.58. The molecule has 112 valence electrons. The Morgan fingerprint density at radius 1 is 1.36 bits per heavy atom. The first-order valence-electron chi connectivity index (χ1n) is 6.64. The van der Waals surface area contributed by atoms with E-state index in [1.165, 1.54) is 0 Å². The second-order valence-electron chi connectivity index (χ2n) is 4.71. The first-order chi connectivity index (χ1) is 10.6. The first kappa shape index (κ1) is 15.0. The highest BCUT2D eigenvalue weighted by Crippen LogP contribution is 2.28. The van der Waals surface area contributed by atoms with E-state index < -0.39 is 0 Å². The second kappa shape index (κ2) is 6.46. The number of halogens is 2. The Labute approximate surface area is 140 Å². The van der Waals surface area contributed by atoms with Crippen molar-refractivity contribution < 1.29 is 4.79 Å². The summed E-state index contributed by atoms with van der Waals surface area (Å²) in [6.45, 7) is 0.473. The quantitative estimate of drug-likeness (QED) is 0.748. The molecular formula is C15H12BrClN4O. The van der Waals surface area contributed by atoms with Crippen LogP contribution >= 0.6 is 27.5 Å². The number of aryl methyl sites for hydroxylation is 1. The highest BCUT2D eigenvalue weighted by Gasteiger charge is 2.09. The molecule has 2 heterocycles. The smallest absolute Gasteiger partial charge is 0.226 e. The molecule has 3 rings (SSSR count). The number of aromatic nitrogens is 3. The van der Waals surface area contributed by atoms with Gasteiger partial charge in [-0.05, 0) is 18.2 Å². The Morgan fingerprint density at radius 3 is 3.00 bits per heavy atom. The van der Waals surface area contributed by atoms with Crippen molar-refractivity contribution in [2.24, 2.45) is 0 Å². The molecule has 0 saturated heterocycles. The van der Waals surface area contributed by atoms with Crippen molar-refractivity contribution >= 4 is 50.0 Å². The van der Waals surface area contributed by atoms with E-state index in [1.54, 1.807) is 23.3 Å². The van der Waals surface area contributed by atoms with Gasteiger partial charge >= 0.3 is 0 Å². The highest BCUT2D eigenvalue weighted by atomic mass is 79.9. The fraction of sp³-hybridized carbons (Fsp3) is 0.133. The van der Waals surface area contributed by atoms with Gasteiger partial charge in [0.25, 0.3) is 0 Å². The summed E-state index contributed by atoms with van der Waals surface area (Å²) in [7, 11) is 0. The standard InChI is InChI=1S/C15H12BrClN4O/c16-12-3-4-13(15-11(12)2-1-6-18-15)20-14(22)5-7-21-9-10(17)8-19-21/h1-4,6,8-9H,5,7H2,(H,20,22). The Kier molecular flexibility index (Phi) is 4.40. The number of pyridine rings is 1. The maximum absolute atomic E-state index is 12.1. The molecule has 0 radical (unpaired) electrons. The van der Waals surface area contributed by atoms with Gasteiger partial charge in [-0.15, -0.1) is 0 Å². The third-order valence-electron chi connectivity index (χ3n) is 3.16. The van der Waals surface area contributed by atoms with Gasteiger partial charge in [0.15, 0.2) is 0 Å². The molecule has 0 fully saturated rings. The molecule has 0 unspecified atom stereocenters. The molecule has 0 bridgehead atoms. The third-order valence-corrected chi connectivity index (χ3v) is 4.05. The molecule has 1 aromatic carbocycles. The van der Waals surface area contributed by atoms with E-state index in [0.717, 1.165) is 15.4 Å². The highest BCUT2D eigenvalue weighted by molar-refractivity contribution is 9.10. The van der Waals surface area contributed by atoms with E-state index in [1.807, 2.05) is 24.3 Å². The fourth-order valence-electron chi connectivity index (χ4n) is 2.13. The average molecular weight is 380 g/mol. The Hall–Kier alpha value is -1.92. The maximum Gasteiger partial charge on any atom is 0.226 e. The van der Waals surface area contributed by atoms with Crippen LogP contribution < -0.4 is 5.32 Å². The van der Waals surface area contributed by atoms with Crippen molar-refractivity contribution in [3.8, 4) is 0 Å². The number of amides is 1. The number of hydrogen-bond acceptors (Lipinski definition) is 3. The summed E-state index contributed by atoms with van der Waals surface area (Å²) in [6.07, 6.45) is 5.25. The lowest BCUT2D eigenvalue weighted by Gasteiger charge is -2.09. The Morgan fingerprint density at radius 2 is 2.23 bits per heavy atom. The van der Waals surface area contributed by atoms with Crippen LogP contribution in [0.2, 0.25) is 5.02 Å². The molecule has 0 aliphatic carbocycles. The lowest BCUT2D eigenvalue weighted by Crippen LogP contribution is -2.15. The van der Waals surface area contributed by atoms with E-state index in [4.69, 9.17) is 11.6 Å². The summed E-state index contributed by atoms with van der Waals surface area (Å²) in [5, 5.41) is 8.45. The van der Waals surface area contributed by atoms with E-state index in [2.05, 4.69) is 31.3 Å². The van der Waals surface area contributed by atoms with Crippen molar-refractivity contribution in [1.82, 2.24) is 14.8 Å². The van der Waals surface area contributed by atoms with Crippen molar-refractivity contribution in [3.63, 3.8) is 0 Å². The van der Waals surface area contributed by atoms with Crippen LogP contribution in [0.4, 0.5) is 5.69 Å². The molecule has 0 saturated carbocycles. The Balaban J connectivity index is 1.73. The van der Waals surface area contributed by atoms with Gasteiger partial charge < -0.3 is 5.32 Å². The van der Waals surface area contributed by atoms with Gasteiger partial charge in [0, 0.05) is 35.2 Å². The van der Waals surface area contributed by atoms with Crippen LogP contribution in [0.15, 0.2) is 47.3 Å². The normalized spacial score (nSPS) is 10.8. The zero-order valence-corrected chi connectivity index (χ0v) is 13.8. The van der Waals surface area contributed by atoms with Crippen LogP contribution in [0.3, 0.4) is 0 Å². The lowest BCUT2D eigenvalue weighted by molar-refractivity contribution is -0.116. The topological polar surface area (TPSA) is 59.8 Å². The SMILES string of the molecule is O=C(CCn1cc(Cl)cn1)Nc1ccc(Br)c2cccnc12. The zero-order valence-electron chi connectivity index (χ0n) is 11.5. The minimum Gasteiger partial charge on any atom is -0.324 e. The molecule has 0 aliphatic heterocycles. The monoisotopic (exact) mass is 378 g/mol. The van der Waals surface area contributed by atoms with Gasteiger partial charge in [-0.25, -0.2) is 0 Å². The van der Waals surface area contributed by atoms with Crippen LogP contribution in [0.25, 0.3) is 10.9 Å².